The highest BCUT2D eigenvalue weighted by atomic mass is 16.5. The number of hydrogen-bond acceptors (Lipinski definition) is 9. The topological polar surface area (TPSA) is 145 Å². The van der Waals surface area contributed by atoms with Crippen molar-refractivity contribution in [2.75, 3.05) is 20.3 Å². The molecule has 2 aromatic heterocycles. The van der Waals surface area contributed by atoms with E-state index in [0.717, 1.165) is 12.8 Å². The lowest BCUT2D eigenvalue weighted by Gasteiger charge is -2.13. The number of ether oxygens (including phenoxy) is 3. The van der Waals surface area contributed by atoms with Crippen molar-refractivity contribution in [3.05, 3.63) is 48.0 Å². The molecule has 0 aliphatic carbocycles. The average molecular weight is 523 g/mol. The molecule has 38 heavy (non-hydrogen) atoms. The standard InChI is InChI=1S/C27H30N4O7/c1-4-28-26(33)25-16(2)37-21-12-17(9-10-18(21)25)38-27-19-13-23(22(35-3)14-20(19)29-15-30-27)36-11-7-5-6-8-24(32)31-34/h9-10,12-15,34H,4-8,11H2,1-3H3,(H,28,33)(H,31,32). The van der Waals surface area contributed by atoms with E-state index < -0.39 is 5.91 Å². The summed E-state index contributed by atoms with van der Waals surface area (Å²) in [5.74, 6) is 1.78. The van der Waals surface area contributed by atoms with Gasteiger partial charge in [-0.05, 0) is 51.3 Å². The predicted molar refractivity (Wildman–Crippen MR) is 139 cm³/mol. The van der Waals surface area contributed by atoms with E-state index in [1.54, 1.807) is 49.8 Å². The SMILES string of the molecule is CCNC(=O)c1c(C)oc2cc(Oc3ncnc4cc(OC)c(OCCCCCC(=O)NO)cc34)ccc12. The van der Waals surface area contributed by atoms with Crippen LogP contribution in [0.3, 0.4) is 0 Å². The number of rotatable bonds is 12. The molecule has 2 aromatic carbocycles. The summed E-state index contributed by atoms with van der Waals surface area (Å²) < 4.78 is 23.4. The van der Waals surface area contributed by atoms with Crippen molar-refractivity contribution in [2.24, 2.45) is 0 Å². The fourth-order valence-electron chi connectivity index (χ4n) is 4.10. The highest BCUT2D eigenvalue weighted by Gasteiger charge is 2.19. The van der Waals surface area contributed by atoms with Gasteiger partial charge in [-0.3, -0.25) is 14.8 Å². The van der Waals surface area contributed by atoms with Crippen LogP contribution in [0.4, 0.5) is 0 Å². The van der Waals surface area contributed by atoms with Crippen molar-refractivity contribution in [2.45, 2.75) is 39.5 Å². The molecule has 0 aliphatic rings. The summed E-state index contributed by atoms with van der Waals surface area (Å²) in [6.45, 7) is 4.55. The van der Waals surface area contributed by atoms with E-state index in [1.807, 2.05) is 6.92 Å². The molecule has 11 heteroatoms. The number of benzene rings is 2. The van der Waals surface area contributed by atoms with E-state index in [4.69, 9.17) is 23.8 Å². The molecule has 0 bridgehead atoms. The van der Waals surface area contributed by atoms with E-state index in [2.05, 4.69) is 15.3 Å². The number of nitrogens with zero attached hydrogens (tertiary/aromatic N) is 2. The Morgan fingerprint density at radius 2 is 1.89 bits per heavy atom. The number of aromatic nitrogens is 2. The molecular formula is C27H30N4O7. The molecule has 0 aliphatic heterocycles. The Hall–Kier alpha value is -4.38. The zero-order chi connectivity index (χ0) is 27.1. The molecule has 0 saturated heterocycles. The Balaban J connectivity index is 1.54. The number of furan rings is 1. The first-order valence-electron chi connectivity index (χ1n) is 12.3. The van der Waals surface area contributed by atoms with Gasteiger partial charge in [0, 0.05) is 30.5 Å². The molecule has 0 atom stereocenters. The number of nitrogens with one attached hydrogen (secondary N) is 2. The molecule has 0 fully saturated rings. The number of amides is 2. The second kappa shape index (κ2) is 12.2. The molecule has 2 amide bonds. The normalized spacial score (nSPS) is 10.9. The maximum absolute atomic E-state index is 12.4. The highest BCUT2D eigenvalue weighted by molar-refractivity contribution is 6.07. The summed E-state index contributed by atoms with van der Waals surface area (Å²) in [6.07, 6.45) is 3.78. The first-order chi connectivity index (χ1) is 18.4. The second-order valence-electron chi connectivity index (χ2n) is 8.55. The number of carbonyl (C=O) groups is 2. The number of fused-ring (bicyclic) bond motifs is 2. The van der Waals surface area contributed by atoms with E-state index in [-0.39, 0.29) is 12.3 Å². The van der Waals surface area contributed by atoms with E-state index in [0.29, 0.717) is 75.9 Å². The van der Waals surface area contributed by atoms with Crippen LogP contribution in [0.15, 0.2) is 41.1 Å². The largest absolute Gasteiger partial charge is 0.493 e. The lowest BCUT2D eigenvalue weighted by molar-refractivity contribution is -0.129. The van der Waals surface area contributed by atoms with E-state index in [1.165, 1.54) is 6.33 Å². The Bertz CT molecular complexity index is 1450. The zero-order valence-corrected chi connectivity index (χ0v) is 21.5. The third-order valence-electron chi connectivity index (χ3n) is 5.93. The van der Waals surface area contributed by atoms with Gasteiger partial charge >= 0.3 is 0 Å². The highest BCUT2D eigenvalue weighted by Crippen LogP contribution is 2.37. The van der Waals surface area contributed by atoms with Crippen molar-refractivity contribution < 1.29 is 33.4 Å². The number of aryl methyl sites for hydroxylation is 1. The van der Waals surface area contributed by atoms with Gasteiger partial charge in [0.15, 0.2) is 11.5 Å². The van der Waals surface area contributed by atoms with Crippen LogP contribution in [-0.2, 0) is 4.79 Å². The Morgan fingerprint density at radius 3 is 2.66 bits per heavy atom. The summed E-state index contributed by atoms with van der Waals surface area (Å²) in [5, 5.41) is 12.7. The molecular weight excluding hydrogens is 492 g/mol. The molecule has 11 nitrogen and oxygen atoms in total. The number of hydroxylamine groups is 1. The minimum Gasteiger partial charge on any atom is -0.493 e. The van der Waals surface area contributed by atoms with Gasteiger partial charge in [0.25, 0.3) is 5.91 Å². The van der Waals surface area contributed by atoms with Crippen molar-refractivity contribution in [3.8, 4) is 23.1 Å². The first kappa shape index (κ1) is 26.7. The minimum absolute atomic E-state index is 0.184. The molecule has 0 radical (unpaired) electrons. The van der Waals surface area contributed by atoms with Crippen LogP contribution in [0.2, 0.25) is 0 Å². The molecule has 4 aromatic rings. The molecule has 4 rings (SSSR count). The Kier molecular flexibility index (Phi) is 8.59. The lowest BCUT2D eigenvalue weighted by Crippen LogP contribution is -2.22. The van der Waals surface area contributed by atoms with Crippen molar-refractivity contribution in [1.82, 2.24) is 20.8 Å². The summed E-state index contributed by atoms with van der Waals surface area (Å²) in [4.78, 5) is 32.2. The number of unbranched alkanes of at least 4 members (excludes halogenated alkanes) is 2. The van der Waals surface area contributed by atoms with Crippen molar-refractivity contribution in [3.63, 3.8) is 0 Å². The van der Waals surface area contributed by atoms with Crippen molar-refractivity contribution >= 4 is 33.7 Å². The molecule has 200 valence electrons. The van der Waals surface area contributed by atoms with Gasteiger partial charge in [0.05, 0.1) is 30.2 Å². The van der Waals surface area contributed by atoms with Gasteiger partial charge in [-0.1, -0.05) is 0 Å². The summed E-state index contributed by atoms with van der Waals surface area (Å²) in [6, 6.07) is 8.79. The maximum Gasteiger partial charge on any atom is 0.255 e. The minimum atomic E-state index is -0.404. The summed E-state index contributed by atoms with van der Waals surface area (Å²) in [7, 11) is 1.55. The number of methoxy groups -OCH3 is 1. The van der Waals surface area contributed by atoms with Crippen LogP contribution < -0.4 is 25.0 Å². The maximum atomic E-state index is 12.4. The predicted octanol–water partition coefficient (Wildman–Crippen LogP) is 4.68. The fraction of sp³-hybridized carbons (Fsp3) is 0.333. The Labute approximate surface area is 219 Å². The third-order valence-corrected chi connectivity index (χ3v) is 5.93. The first-order valence-corrected chi connectivity index (χ1v) is 12.3. The molecule has 0 unspecified atom stereocenters. The average Bonchev–Trinajstić information content (AvgIpc) is 3.25. The number of hydrogen-bond donors (Lipinski definition) is 3. The summed E-state index contributed by atoms with van der Waals surface area (Å²) >= 11 is 0. The second-order valence-corrected chi connectivity index (χ2v) is 8.55. The molecule has 0 saturated carbocycles. The van der Waals surface area contributed by atoms with Gasteiger partial charge in [0.1, 0.15) is 23.4 Å². The zero-order valence-electron chi connectivity index (χ0n) is 21.5. The monoisotopic (exact) mass is 522 g/mol. The van der Waals surface area contributed by atoms with Gasteiger partial charge in [0.2, 0.25) is 11.8 Å². The lowest BCUT2D eigenvalue weighted by atomic mass is 10.1. The van der Waals surface area contributed by atoms with Gasteiger partial charge in [-0.2, -0.15) is 0 Å². The van der Waals surface area contributed by atoms with Crippen LogP contribution in [0.1, 0.15) is 48.7 Å². The smallest absolute Gasteiger partial charge is 0.255 e. The van der Waals surface area contributed by atoms with Crippen LogP contribution in [0.25, 0.3) is 21.9 Å². The van der Waals surface area contributed by atoms with Crippen LogP contribution >= 0.6 is 0 Å². The van der Waals surface area contributed by atoms with E-state index in [9.17, 15) is 9.59 Å². The molecule has 0 spiro atoms. The van der Waals surface area contributed by atoms with Gasteiger partial charge in [-0.15, -0.1) is 0 Å². The quantitative estimate of drug-likeness (QED) is 0.137. The fourth-order valence-corrected chi connectivity index (χ4v) is 4.10. The van der Waals surface area contributed by atoms with Gasteiger partial charge in [-0.25, -0.2) is 15.4 Å². The van der Waals surface area contributed by atoms with Crippen molar-refractivity contribution in [1.29, 1.82) is 0 Å². The van der Waals surface area contributed by atoms with Crippen LogP contribution in [-0.4, -0.2) is 47.3 Å². The van der Waals surface area contributed by atoms with E-state index >= 15 is 0 Å². The molecule has 3 N–H and O–H groups in total. The van der Waals surface area contributed by atoms with Crippen LogP contribution in [0, 0.1) is 6.92 Å². The Morgan fingerprint density at radius 1 is 1.05 bits per heavy atom. The van der Waals surface area contributed by atoms with Gasteiger partial charge < -0.3 is 23.9 Å². The number of carbonyl (C=O) groups excluding carboxylic acids is 2. The van der Waals surface area contributed by atoms with Crippen LogP contribution in [0.5, 0.6) is 23.1 Å². The molecule has 2 heterocycles. The summed E-state index contributed by atoms with van der Waals surface area (Å²) in [5.41, 5.74) is 3.27. The third kappa shape index (κ3) is 5.94.